The average molecular weight is 419 g/mol. The zero-order valence-corrected chi connectivity index (χ0v) is 17.2. The Balaban J connectivity index is 1.83. The van der Waals surface area contributed by atoms with Crippen molar-refractivity contribution in [3.63, 3.8) is 0 Å². The van der Waals surface area contributed by atoms with Crippen LogP contribution in [0.15, 0.2) is 48.5 Å². The minimum atomic E-state index is -3.42. The lowest BCUT2D eigenvalue weighted by Crippen LogP contribution is -2.13. The van der Waals surface area contributed by atoms with E-state index in [0.29, 0.717) is 16.3 Å². The molecule has 0 radical (unpaired) electrons. The van der Waals surface area contributed by atoms with Crippen LogP contribution in [0.4, 0.5) is 15.8 Å². The quantitative estimate of drug-likeness (QED) is 0.625. The average Bonchev–Trinajstić information content (AvgIpc) is 2.99. The number of carbonyl (C=O) groups excluding carboxylic acids is 1. The molecular formula is C20H19FN2O3S2. The summed E-state index contributed by atoms with van der Waals surface area (Å²) in [4.78, 5) is 14.1. The van der Waals surface area contributed by atoms with Gasteiger partial charge in [0, 0.05) is 10.6 Å². The van der Waals surface area contributed by atoms with Crippen LogP contribution in [0.25, 0.3) is 10.4 Å². The summed E-state index contributed by atoms with van der Waals surface area (Å²) >= 11 is 1.32. The standard InChI is InChI=1S/C20H19FN2O3S2/c1-12-4-9-16(11-17(12)23-28(3,25)26)22-20(24)18-10-13(2)19(27-18)14-5-7-15(21)8-6-14/h4-11,23H,1-3H3,(H,22,24). The van der Waals surface area contributed by atoms with Crippen molar-refractivity contribution in [3.05, 3.63) is 70.4 Å². The molecule has 5 nitrogen and oxygen atoms in total. The second-order valence-corrected chi connectivity index (χ2v) is 9.29. The molecule has 3 rings (SSSR count). The number of nitrogens with one attached hydrogen (secondary N) is 2. The molecule has 2 N–H and O–H groups in total. The lowest BCUT2D eigenvalue weighted by atomic mass is 10.1. The monoisotopic (exact) mass is 418 g/mol. The zero-order valence-electron chi connectivity index (χ0n) is 15.5. The molecule has 0 saturated carbocycles. The predicted molar refractivity (Wildman–Crippen MR) is 112 cm³/mol. The Morgan fingerprint density at radius 2 is 1.68 bits per heavy atom. The van der Waals surface area contributed by atoms with Crippen molar-refractivity contribution < 1.29 is 17.6 Å². The van der Waals surface area contributed by atoms with Gasteiger partial charge in [-0.05, 0) is 60.9 Å². The molecular weight excluding hydrogens is 399 g/mol. The second-order valence-electron chi connectivity index (χ2n) is 6.49. The van der Waals surface area contributed by atoms with E-state index in [1.165, 1.54) is 23.5 Å². The predicted octanol–water partition coefficient (Wildman–Crippen LogP) is 4.79. The molecule has 1 heterocycles. The normalized spacial score (nSPS) is 11.3. The molecule has 0 aliphatic carbocycles. The van der Waals surface area contributed by atoms with Crippen LogP contribution >= 0.6 is 11.3 Å². The molecule has 1 amide bonds. The lowest BCUT2D eigenvalue weighted by Gasteiger charge is -2.10. The van der Waals surface area contributed by atoms with Crippen molar-refractivity contribution in [2.24, 2.45) is 0 Å². The van der Waals surface area contributed by atoms with Crippen LogP contribution in [0.2, 0.25) is 0 Å². The summed E-state index contributed by atoms with van der Waals surface area (Å²) in [5.41, 5.74) is 3.41. The molecule has 0 aliphatic rings. The molecule has 0 aliphatic heterocycles. The molecule has 1 aromatic heterocycles. The molecule has 0 bridgehead atoms. The molecule has 8 heteroatoms. The second kappa shape index (κ2) is 7.73. The topological polar surface area (TPSA) is 75.3 Å². The number of hydrogen-bond acceptors (Lipinski definition) is 4. The summed E-state index contributed by atoms with van der Waals surface area (Å²) in [6, 6.07) is 12.9. The fraction of sp³-hybridized carbons (Fsp3) is 0.150. The van der Waals surface area contributed by atoms with E-state index < -0.39 is 10.0 Å². The van der Waals surface area contributed by atoms with E-state index in [2.05, 4.69) is 10.0 Å². The fourth-order valence-corrected chi connectivity index (χ4v) is 4.38. The number of aryl methyl sites for hydroxylation is 2. The molecule has 0 unspecified atom stereocenters. The van der Waals surface area contributed by atoms with E-state index in [1.807, 2.05) is 6.92 Å². The molecule has 2 aromatic carbocycles. The number of benzene rings is 2. The van der Waals surface area contributed by atoms with Gasteiger partial charge < -0.3 is 5.32 Å². The van der Waals surface area contributed by atoms with E-state index in [9.17, 15) is 17.6 Å². The minimum absolute atomic E-state index is 0.296. The van der Waals surface area contributed by atoms with Gasteiger partial charge in [-0.3, -0.25) is 9.52 Å². The van der Waals surface area contributed by atoms with E-state index in [-0.39, 0.29) is 11.7 Å². The number of rotatable bonds is 5. The fourth-order valence-electron chi connectivity index (χ4n) is 2.68. The summed E-state index contributed by atoms with van der Waals surface area (Å²) in [7, 11) is -3.42. The molecule has 28 heavy (non-hydrogen) atoms. The van der Waals surface area contributed by atoms with Gasteiger partial charge in [0.05, 0.1) is 16.8 Å². The maximum Gasteiger partial charge on any atom is 0.265 e. The molecule has 3 aromatic rings. The summed E-state index contributed by atoms with van der Waals surface area (Å²) in [6.45, 7) is 3.67. The Morgan fingerprint density at radius 1 is 1.00 bits per heavy atom. The number of halogens is 1. The Kier molecular flexibility index (Phi) is 5.53. The maximum absolute atomic E-state index is 13.1. The third-order valence-corrected chi connectivity index (χ3v) is 5.91. The first-order valence-corrected chi connectivity index (χ1v) is 11.1. The Hall–Kier alpha value is -2.71. The van der Waals surface area contributed by atoms with Crippen LogP contribution in [0, 0.1) is 19.7 Å². The van der Waals surface area contributed by atoms with Gasteiger partial charge in [-0.15, -0.1) is 11.3 Å². The van der Waals surface area contributed by atoms with Crippen molar-refractivity contribution in [1.29, 1.82) is 0 Å². The molecule has 0 saturated heterocycles. The Bertz CT molecular complexity index is 1140. The van der Waals surface area contributed by atoms with Crippen LogP contribution in [-0.4, -0.2) is 20.6 Å². The molecule has 0 atom stereocenters. The highest BCUT2D eigenvalue weighted by atomic mass is 32.2. The zero-order chi connectivity index (χ0) is 20.5. The molecule has 146 valence electrons. The van der Waals surface area contributed by atoms with Gasteiger partial charge in [0.15, 0.2) is 0 Å². The van der Waals surface area contributed by atoms with E-state index >= 15 is 0 Å². The van der Waals surface area contributed by atoms with Crippen LogP contribution in [0.3, 0.4) is 0 Å². The first-order valence-electron chi connectivity index (χ1n) is 8.38. The molecule has 0 spiro atoms. The summed E-state index contributed by atoms with van der Waals surface area (Å²) in [6.07, 6.45) is 1.07. The number of thiophene rings is 1. The van der Waals surface area contributed by atoms with Gasteiger partial charge in [-0.25, -0.2) is 12.8 Å². The summed E-state index contributed by atoms with van der Waals surface area (Å²) < 4.78 is 38.5. The van der Waals surface area contributed by atoms with Crippen molar-refractivity contribution in [2.45, 2.75) is 13.8 Å². The number of sulfonamides is 1. The van der Waals surface area contributed by atoms with Crippen molar-refractivity contribution in [3.8, 4) is 10.4 Å². The van der Waals surface area contributed by atoms with Gasteiger partial charge >= 0.3 is 0 Å². The van der Waals surface area contributed by atoms with Crippen molar-refractivity contribution in [2.75, 3.05) is 16.3 Å². The SMILES string of the molecule is Cc1ccc(NC(=O)c2cc(C)c(-c3ccc(F)cc3)s2)cc1NS(C)(=O)=O. The number of amides is 1. The van der Waals surface area contributed by atoms with Gasteiger partial charge in [0.25, 0.3) is 5.91 Å². The van der Waals surface area contributed by atoms with Gasteiger partial charge in [0.2, 0.25) is 10.0 Å². The van der Waals surface area contributed by atoms with Crippen LogP contribution in [-0.2, 0) is 10.0 Å². The van der Waals surface area contributed by atoms with E-state index in [1.54, 1.807) is 43.3 Å². The first-order chi connectivity index (χ1) is 13.1. The van der Waals surface area contributed by atoms with E-state index in [0.717, 1.165) is 27.8 Å². The third-order valence-electron chi connectivity index (χ3n) is 4.04. The first kappa shape index (κ1) is 20.0. The van der Waals surface area contributed by atoms with Crippen LogP contribution in [0.1, 0.15) is 20.8 Å². The summed E-state index contributed by atoms with van der Waals surface area (Å²) in [5, 5.41) is 2.79. The van der Waals surface area contributed by atoms with Crippen LogP contribution < -0.4 is 10.0 Å². The van der Waals surface area contributed by atoms with Gasteiger partial charge in [-0.2, -0.15) is 0 Å². The molecule has 0 fully saturated rings. The largest absolute Gasteiger partial charge is 0.321 e. The summed E-state index contributed by atoms with van der Waals surface area (Å²) in [5.74, 6) is -0.607. The third kappa shape index (κ3) is 4.76. The van der Waals surface area contributed by atoms with Gasteiger partial charge in [-0.1, -0.05) is 18.2 Å². The smallest absolute Gasteiger partial charge is 0.265 e. The Morgan fingerprint density at radius 3 is 2.32 bits per heavy atom. The number of hydrogen-bond donors (Lipinski definition) is 2. The highest BCUT2D eigenvalue weighted by Gasteiger charge is 2.15. The highest BCUT2D eigenvalue weighted by Crippen LogP contribution is 2.33. The van der Waals surface area contributed by atoms with Gasteiger partial charge in [0.1, 0.15) is 5.82 Å². The number of carbonyl (C=O) groups is 1. The Labute approximate surface area is 167 Å². The minimum Gasteiger partial charge on any atom is -0.321 e. The number of anilines is 2. The highest BCUT2D eigenvalue weighted by molar-refractivity contribution is 7.92. The maximum atomic E-state index is 13.1. The van der Waals surface area contributed by atoms with E-state index in [4.69, 9.17) is 0 Å². The lowest BCUT2D eigenvalue weighted by molar-refractivity contribution is 0.103. The van der Waals surface area contributed by atoms with Crippen molar-refractivity contribution >= 4 is 38.6 Å². The van der Waals surface area contributed by atoms with Crippen LogP contribution in [0.5, 0.6) is 0 Å². The van der Waals surface area contributed by atoms with Crippen molar-refractivity contribution in [1.82, 2.24) is 0 Å².